The highest BCUT2D eigenvalue weighted by Crippen LogP contribution is 2.39. The summed E-state index contributed by atoms with van der Waals surface area (Å²) in [5, 5.41) is 0. The van der Waals surface area contributed by atoms with Crippen LogP contribution in [0.5, 0.6) is 0 Å². The van der Waals surface area contributed by atoms with E-state index in [1.807, 2.05) is 0 Å². The minimum absolute atomic E-state index is 0.00404. The molecule has 1 aliphatic rings. The molecule has 0 saturated carbocycles. The van der Waals surface area contributed by atoms with E-state index < -0.39 is 5.67 Å². The van der Waals surface area contributed by atoms with Crippen molar-refractivity contribution in [1.29, 1.82) is 0 Å². The topological polar surface area (TPSA) is 17.1 Å². The molecule has 2 rings (SSSR count). The number of rotatable bonds is 2. The van der Waals surface area contributed by atoms with E-state index in [2.05, 4.69) is 0 Å². The summed E-state index contributed by atoms with van der Waals surface area (Å²) in [6.07, 6.45) is 1.11. The molecule has 0 atom stereocenters. The molecule has 0 radical (unpaired) electrons. The first-order chi connectivity index (χ1) is 7.62. The lowest BCUT2D eigenvalue weighted by Gasteiger charge is -2.29. The lowest BCUT2D eigenvalue weighted by Crippen LogP contribution is -2.26. The molecule has 1 nitrogen and oxygen atoms in total. The zero-order chi connectivity index (χ0) is 11.6. The van der Waals surface area contributed by atoms with Gasteiger partial charge in [-0.2, -0.15) is 11.8 Å². The molecule has 1 fully saturated rings. The van der Waals surface area contributed by atoms with Crippen molar-refractivity contribution < 1.29 is 9.18 Å². The Bertz CT molecular complexity index is 397. The van der Waals surface area contributed by atoms with Gasteiger partial charge in [0.25, 0.3) is 0 Å². The smallest absolute Gasteiger partial charge is 0.159 e. The van der Waals surface area contributed by atoms with Crippen molar-refractivity contribution in [2.24, 2.45) is 0 Å². The molecule has 1 heterocycles. The van der Waals surface area contributed by atoms with Crippen molar-refractivity contribution >= 4 is 17.5 Å². The van der Waals surface area contributed by atoms with Gasteiger partial charge in [0.15, 0.2) is 5.78 Å². The van der Waals surface area contributed by atoms with E-state index in [4.69, 9.17) is 0 Å². The normalized spacial score (nSPS) is 19.4. The van der Waals surface area contributed by atoms with Crippen LogP contribution in [-0.2, 0) is 5.67 Å². The van der Waals surface area contributed by atoms with Crippen LogP contribution in [0.25, 0.3) is 0 Å². The van der Waals surface area contributed by atoms with Gasteiger partial charge in [-0.1, -0.05) is 18.2 Å². The van der Waals surface area contributed by atoms with Gasteiger partial charge in [-0.3, -0.25) is 4.79 Å². The predicted molar refractivity (Wildman–Crippen MR) is 65.8 cm³/mol. The first kappa shape index (κ1) is 11.6. The molecule has 1 aromatic rings. The first-order valence-corrected chi connectivity index (χ1v) is 6.65. The van der Waals surface area contributed by atoms with Crippen LogP contribution in [0, 0.1) is 0 Å². The van der Waals surface area contributed by atoms with Crippen LogP contribution in [0.3, 0.4) is 0 Å². The van der Waals surface area contributed by atoms with Gasteiger partial charge in [-0.25, -0.2) is 4.39 Å². The summed E-state index contributed by atoms with van der Waals surface area (Å²) in [5.41, 5.74) is 0.0460. The van der Waals surface area contributed by atoms with Crippen LogP contribution in [-0.4, -0.2) is 17.3 Å². The number of Topliss-reactive ketones (excluding diaryl/α,β-unsaturated/α-hetero) is 1. The fourth-order valence-electron chi connectivity index (χ4n) is 2.00. The van der Waals surface area contributed by atoms with Crippen LogP contribution >= 0.6 is 11.8 Å². The van der Waals surface area contributed by atoms with Gasteiger partial charge in [0.05, 0.1) is 0 Å². The molecule has 3 heteroatoms. The third kappa shape index (κ3) is 2.29. The molecule has 1 aromatic carbocycles. The van der Waals surface area contributed by atoms with Crippen molar-refractivity contribution in [3.05, 3.63) is 35.4 Å². The van der Waals surface area contributed by atoms with E-state index in [0.29, 0.717) is 24.0 Å². The van der Waals surface area contributed by atoms with Crippen LogP contribution in [0.1, 0.15) is 35.7 Å². The number of ketones is 1. The largest absolute Gasteiger partial charge is 0.295 e. The Labute approximate surface area is 99.4 Å². The summed E-state index contributed by atoms with van der Waals surface area (Å²) in [6.45, 7) is 1.51. The van der Waals surface area contributed by atoms with E-state index in [1.165, 1.54) is 6.92 Å². The highest BCUT2D eigenvalue weighted by Gasteiger charge is 2.34. The van der Waals surface area contributed by atoms with E-state index in [9.17, 15) is 9.18 Å². The third-order valence-corrected chi connectivity index (χ3v) is 4.06. The zero-order valence-corrected chi connectivity index (χ0v) is 10.1. The summed E-state index contributed by atoms with van der Waals surface area (Å²) < 4.78 is 14.6. The molecule has 1 saturated heterocycles. The summed E-state index contributed by atoms with van der Waals surface area (Å²) >= 11 is 1.80. The number of thioether (sulfide) groups is 1. The summed E-state index contributed by atoms with van der Waals surface area (Å²) in [6, 6.07) is 7.02. The maximum Gasteiger partial charge on any atom is 0.159 e. The molecule has 0 aromatic heterocycles. The molecule has 0 spiro atoms. The average Bonchev–Trinajstić information content (AvgIpc) is 2.30. The summed E-state index contributed by atoms with van der Waals surface area (Å²) in [7, 11) is 0. The van der Waals surface area contributed by atoms with E-state index in [1.54, 1.807) is 36.0 Å². The monoisotopic (exact) mass is 238 g/mol. The molecule has 16 heavy (non-hydrogen) atoms. The highest BCUT2D eigenvalue weighted by atomic mass is 32.2. The number of carbonyl (C=O) groups excluding carboxylic acids is 1. The second-order valence-electron chi connectivity index (χ2n) is 4.21. The Morgan fingerprint density at radius 2 is 2.06 bits per heavy atom. The molecule has 0 unspecified atom stereocenters. The van der Waals surface area contributed by atoms with E-state index >= 15 is 0 Å². The van der Waals surface area contributed by atoms with E-state index in [-0.39, 0.29) is 5.78 Å². The van der Waals surface area contributed by atoms with Gasteiger partial charge < -0.3 is 0 Å². The quantitative estimate of drug-likeness (QED) is 0.732. The van der Waals surface area contributed by atoms with Crippen LogP contribution in [0.4, 0.5) is 4.39 Å². The lowest BCUT2D eigenvalue weighted by atomic mass is 9.88. The number of halogens is 1. The third-order valence-electron chi connectivity index (χ3n) is 3.07. The molecule has 1 aliphatic heterocycles. The molecule has 86 valence electrons. The fourth-order valence-corrected chi connectivity index (χ4v) is 3.14. The fraction of sp³-hybridized carbons (Fsp3) is 0.462. The number of alkyl halides is 1. The number of hydrogen-bond donors (Lipinski definition) is 0. The second-order valence-corrected chi connectivity index (χ2v) is 5.44. The van der Waals surface area contributed by atoms with Gasteiger partial charge in [-0.05, 0) is 42.9 Å². The predicted octanol–water partition coefficient (Wildman–Crippen LogP) is 3.58. The van der Waals surface area contributed by atoms with Crippen LogP contribution in [0.2, 0.25) is 0 Å². The summed E-state index contributed by atoms with van der Waals surface area (Å²) in [5.74, 6) is 1.72. The van der Waals surface area contributed by atoms with Gasteiger partial charge in [0.2, 0.25) is 0 Å². The summed E-state index contributed by atoms with van der Waals surface area (Å²) in [4.78, 5) is 11.3. The minimum atomic E-state index is -1.23. The molecule has 0 N–H and O–H groups in total. The van der Waals surface area contributed by atoms with Crippen LogP contribution < -0.4 is 0 Å². The maximum absolute atomic E-state index is 14.6. The van der Waals surface area contributed by atoms with Crippen molar-refractivity contribution in [1.82, 2.24) is 0 Å². The van der Waals surface area contributed by atoms with Gasteiger partial charge in [-0.15, -0.1) is 0 Å². The second kappa shape index (κ2) is 4.58. The van der Waals surface area contributed by atoms with Crippen LogP contribution in [0.15, 0.2) is 24.3 Å². The van der Waals surface area contributed by atoms with Crippen molar-refractivity contribution in [3.63, 3.8) is 0 Å². The Morgan fingerprint density at radius 3 is 2.69 bits per heavy atom. The molecular formula is C13H15FOS. The Balaban J connectivity index is 2.31. The molecule has 0 aliphatic carbocycles. The number of carbonyl (C=O) groups is 1. The molecule has 0 bridgehead atoms. The highest BCUT2D eigenvalue weighted by molar-refractivity contribution is 7.99. The van der Waals surface area contributed by atoms with Crippen molar-refractivity contribution in [2.45, 2.75) is 25.4 Å². The average molecular weight is 238 g/mol. The van der Waals surface area contributed by atoms with Gasteiger partial charge in [0, 0.05) is 5.56 Å². The SMILES string of the molecule is CC(=O)c1cccc(C2(F)CCSCC2)c1. The first-order valence-electron chi connectivity index (χ1n) is 5.50. The molecule has 0 amide bonds. The molecular weight excluding hydrogens is 223 g/mol. The Kier molecular flexibility index (Phi) is 3.33. The van der Waals surface area contributed by atoms with Gasteiger partial charge >= 0.3 is 0 Å². The standard InChI is InChI=1S/C13H15FOS/c1-10(15)11-3-2-4-12(9-11)13(14)5-7-16-8-6-13/h2-4,9H,5-8H2,1H3. The van der Waals surface area contributed by atoms with Crippen molar-refractivity contribution in [3.8, 4) is 0 Å². The maximum atomic E-state index is 14.6. The lowest BCUT2D eigenvalue weighted by molar-refractivity contribution is 0.101. The van der Waals surface area contributed by atoms with Crippen molar-refractivity contribution in [2.75, 3.05) is 11.5 Å². The Hall–Kier alpha value is -0.830. The Morgan fingerprint density at radius 1 is 1.38 bits per heavy atom. The minimum Gasteiger partial charge on any atom is -0.295 e. The number of benzene rings is 1. The number of hydrogen-bond acceptors (Lipinski definition) is 2. The van der Waals surface area contributed by atoms with Gasteiger partial charge in [0.1, 0.15) is 5.67 Å². The zero-order valence-electron chi connectivity index (χ0n) is 9.33. The van der Waals surface area contributed by atoms with E-state index in [0.717, 1.165) is 11.5 Å².